The average Bonchev–Trinajstić information content (AvgIpc) is 2.28. The molecule has 6 heteroatoms. The number of aromatic nitrogens is 1. The standard InChI is InChI=1S/C10H14N4O2/c1-7-2-3-12-5-8(7)6-13-10(15)4-9(11)14-16/h2-3,5,16H,4,6H2,1H3,(H2,11,14)(H,13,15). The zero-order valence-electron chi connectivity index (χ0n) is 8.97. The van der Waals surface area contributed by atoms with Gasteiger partial charge < -0.3 is 16.3 Å². The number of nitrogens with two attached hydrogens (primary N) is 1. The smallest absolute Gasteiger partial charge is 0.227 e. The number of carbonyl (C=O) groups excluding carboxylic acids is 1. The first-order valence-electron chi connectivity index (χ1n) is 4.76. The van der Waals surface area contributed by atoms with E-state index in [0.717, 1.165) is 11.1 Å². The van der Waals surface area contributed by atoms with Gasteiger partial charge >= 0.3 is 0 Å². The van der Waals surface area contributed by atoms with Gasteiger partial charge in [-0.15, -0.1) is 0 Å². The first-order chi connectivity index (χ1) is 7.63. The number of carbonyl (C=O) groups is 1. The van der Waals surface area contributed by atoms with E-state index in [2.05, 4.69) is 15.5 Å². The third-order valence-electron chi connectivity index (χ3n) is 2.09. The van der Waals surface area contributed by atoms with Gasteiger partial charge in [0.25, 0.3) is 0 Å². The maximum Gasteiger partial charge on any atom is 0.227 e. The molecule has 1 rings (SSSR count). The van der Waals surface area contributed by atoms with Crippen LogP contribution in [0.1, 0.15) is 17.5 Å². The summed E-state index contributed by atoms with van der Waals surface area (Å²) < 4.78 is 0. The zero-order chi connectivity index (χ0) is 12.0. The van der Waals surface area contributed by atoms with Crippen LogP contribution in [0.25, 0.3) is 0 Å². The Morgan fingerprint density at radius 1 is 1.69 bits per heavy atom. The van der Waals surface area contributed by atoms with Crippen LogP contribution in [0, 0.1) is 6.92 Å². The van der Waals surface area contributed by atoms with Gasteiger partial charge in [0.1, 0.15) is 5.84 Å². The fraction of sp³-hybridized carbons (Fsp3) is 0.300. The molecule has 1 heterocycles. The quantitative estimate of drug-likeness (QED) is 0.292. The van der Waals surface area contributed by atoms with Crippen molar-refractivity contribution in [2.45, 2.75) is 19.9 Å². The number of hydrogen-bond donors (Lipinski definition) is 3. The van der Waals surface area contributed by atoms with Gasteiger partial charge in [-0.25, -0.2) is 0 Å². The number of oxime groups is 1. The molecule has 0 atom stereocenters. The van der Waals surface area contributed by atoms with E-state index in [1.807, 2.05) is 13.0 Å². The highest BCUT2D eigenvalue weighted by Crippen LogP contribution is 2.03. The molecular formula is C10H14N4O2. The van der Waals surface area contributed by atoms with Crippen molar-refractivity contribution in [1.82, 2.24) is 10.3 Å². The first kappa shape index (κ1) is 12.0. The summed E-state index contributed by atoms with van der Waals surface area (Å²) >= 11 is 0. The minimum absolute atomic E-state index is 0.111. The molecule has 0 aliphatic rings. The molecule has 0 saturated heterocycles. The number of pyridine rings is 1. The molecule has 0 aliphatic heterocycles. The van der Waals surface area contributed by atoms with E-state index < -0.39 is 0 Å². The van der Waals surface area contributed by atoms with Crippen LogP contribution in [0.2, 0.25) is 0 Å². The van der Waals surface area contributed by atoms with Crippen LogP contribution >= 0.6 is 0 Å². The van der Waals surface area contributed by atoms with E-state index in [0.29, 0.717) is 6.54 Å². The number of amidine groups is 1. The Labute approximate surface area is 93.2 Å². The maximum atomic E-state index is 11.3. The van der Waals surface area contributed by atoms with Crippen LogP contribution in [0.4, 0.5) is 0 Å². The molecule has 0 saturated carbocycles. The average molecular weight is 222 g/mol. The highest BCUT2D eigenvalue weighted by Gasteiger charge is 2.05. The van der Waals surface area contributed by atoms with Gasteiger partial charge in [0.15, 0.2) is 0 Å². The van der Waals surface area contributed by atoms with Gasteiger partial charge in [-0.2, -0.15) is 0 Å². The van der Waals surface area contributed by atoms with Gasteiger partial charge in [0.2, 0.25) is 5.91 Å². The molecule has 1 amide bonds. The van der Waals surface area contributed by atoms with Gasteiger partial charge in [-0.05, 0) is 24.1 Å². The molecule has 0 aromatic carbocycles. The predicted molar refractivity (Wildman–Crippen MR) is 58.8 cm³/mol. The second-order valence-electron chi connectivity index (χ2n) is 3.35. The summed E-state index contributed by atoms with van der Waals surface area (Å²) in [6, 6.07) is 1.87. The highest BCUT2D eigenvalue weighted by atomic mass is 16.4. The lowest BCUT2D eigenvalue weighted by molar-refractivity contribution is -0.120. The molecule has 0 radical (unpaired) electrons. The SMILES string of the molecule is Cc1ccncc1CNC(=O)C/C(N)=N/O. The molecule has 1 aromatic heterocycles. The molecule has 1 aromatic rings. The van der Waals surface area contributed by atoms with Crippen LogP contribution in [-0.4, -0.2) is 21.9 Å². The van der Waals surface area contributed by atoms with Gasteiger partial charge in [-0.3, -0.25) is 9.78 Å². The van der Waals surface area contributed by atoms with Crippen molar-refractivity contribution >= 4 is 11.7 Å². The fourth-order valence-corrected chi connectivity index (χ4v) is 1.14. The molecule has 0 aliphatic carbocycles. The third kappa shape index (κ3) is 3.56. The molecular weight excluding hydrogens is 208 g/mol. The number of hydrogen-bond acceptors (Lipinski definition) is 4. The molecule has 16 heavy (non-hydrogen) atoms. The molecule has 0 bridgehead atoms. The minimum Gasteiger partial charge on any atom is -0.409 e. The molecule has 0 spiro atoms. The first-order valence-corrected chi connectivity index (χ1v) is 4.76. The topological polar surface area (TPSA) is 101 Å². The molecule has 0 unspecified atom stereocenters. The van der Waals surface area contributed by atoms with E-state index in [-0.39, 0.29) is 18.2 Å². The van der Waals surface area contributed by atoms with Crippen molar-refractivity contribution in [3.63, 3.8) is 0 Å². The fourth-order valence-electron chi connectivity index (χ4n) is 1.14. The van der Waals surface area contributed by atoms with Gasteiger partial charge in [0, 0.05) is 18.9 Å². The Morgan fingerprint density at radius 3 is 3.06 bits per heavy atom. The van der Waals surface area contributed by atoms with Crippen molar-refractivity contribution in [3.8, 4) is 0 Å². The number of nitrogens with one attached hydrogen (secondary N) is 1. The van der Waals surface area contributed by atoms with Crippen molar-refractivity contribution < 1.29 is 10.0 Å². The number of nitrogens with zero attached hydrogens (tertiary/aromatic N) is 2. The number of rotatable bonds is 4. The van der Waals surface area contributed by atoms with Crippen molar-refractivity contribution in [2.75, 3.05) is 0 Å². The van der Waals surface area contributed by atoms with Gasteiger partial charge in [0.05, 0.1) is 6.42 Å². The third-order valence-corrected chi connectivity index (χ3v) is 2.09. The molecule has 6 nitrogen and oxygen atoms in total. The highest BCUT2D eigenvalue weighted by molar-refractivity contribution is 5.98. The van der Waals surface area contributed by atoms with E-state index >= 15 is 0 Å². The van der Waals surface area contributed by atoms with Crippen molar-refractivity contribution in [2.24, 2.45) is 10.9 Å². The van der Waals surface area contributed by atoms with E-state index in [4.69, 9.17) is 10.9 Å². The van der Waals surface area contributed by atoms with Gasteiger partial charge in [-0.1, -0.05) is 5.16 Å². The normalized spacial score (nSPS) is 11.2. The largest absolute Gasteiger partial charge is 0.409 e. The number of aryl methyl sites for hydroxylation is 1. The lowest BCUT2D eigenvalue weighted by atomic mass is 10.1. The van der Waals surface area contributed by atoms with Crippen LogP contribution in [0.5, 0.6) is 0 Å². The van der Waals surface area contributed by atoms with Crippen LogP contribution < -0.4 is 11.1 Å². The summed E-state index contributed by atoms with van der Waals surface area (Å²) in [5, 5.41) is 13.7. The summed E-state index contributed by atoms with van der Waals surface area (Å²) in [4.78, 5) is 15.3. The Morgan fingerprint density at radius 2 is 2.44 bits per heavy atom. The lowest BCUT2D eigenvalue weighted by Gasteiger charge is -2.06. The minimum atomic E-state index is -0.293. The monoisotopic (exact) mass is 222 g/mol. The zero-order valence-corrected chi connectivity index (χ0v) is 8.97. The maximum absolute atomic E-state index is 11.3. The number of amides is 1. The van der Waals surface area contributed by atoms with Crippen molar-refractivity contribution in [3.05, 3.63) is 29.6 Å². The van der Waals surface area contributed by atoms with Crippen LogP contribution in [0.15, 0.2) is 23.6 Å². The predicted octanol–water partition coefficient (Wildman–Crippen LogP) is 0.143. The Hall–Kier alpha value is -2.11. The second-order valence-corrected chi connectivity index (χ2v) is 3.35. The summed E-state index contributed by atoms with van der Waals surface area (Å²) in [6.07, 6.45) is 3.27. The molecule has 0 fully saturated rings. The summed E-state index contributed by atoms with van der Waals surface area (Å²) in [6.45, 7) is 2.32. The summed E-state index contributed by atoms with van der Waals surface area (Å²) in [7, 11) is 0. The molecule has 4 N–H and O–H groups in total. The Balaban J connectivity index is 2.46. The second kappa shape index (κ2) is 5.69. The Bertz CT molecular complexity index is 404. The lowest BCUT2D eigenvalue weighted by Crippen LogP contribution is -2.28. The van der Waals surface area contributed by atoms with Crippen molar-refractivity contribution in [1.29, 1.82) is 0 Å². The molecule has 86 valence electrons. The van der Waals surface area contributed by atoms with E-state index in [1.54, 1.807) is 12.4 Å². The van der Waals surface area contributed by atoms with E-state index in [1.165, 1.54) is 0 Å². The van der Waals surface area contributed by atoms with E-state index in [9.17, 15) is 4.79 Å². The summed E-state index contributed by atoms with van der Waals surface area (Å²) in [5.74, 6) is -0.404. The summed E-state index contributed by atoms with van der Waals surface area (Å²) in [5.41, 5.74) is 7.19. The van der Waals surface area contributed by atoms with Crippen LogP contribution in [-0.2, 0) is 11.3 Å². The van der Waals surface area contributed by atoms with Crippen LogP contribution in [0.3, 0.4) is 0 Å². The Kier molecular flexibility index (Phi) is 4.26.